The van der Waals surface area contributed by atoms with Crippen LogP contribution in [0.15, 0.2) is 21.7 Å². The molecule has 9 heteroatoms. The van der Waals surface area contributed by atoms with E-state index in [1.807, 2.05) is 13.8 Å². The predicted octanol–water partition coefficient (Wildman–Crippen LogP) is 0.484. The fourth-order valence-corrected chi connectivity index (χ4v) is 3.26. The molecule has 1 aromatic heterocycles. The van der Waals surface area contributed by atoms with Gasteiger partial charge in [-0.25, -0.2) is 8.42 Å². The Kier molecular flexibility index (Phi) is 6.79. The minimum absolute atomic E-state index is 0.00599. The van der Waals surface area contributed by atoms with Crippen LogP contribution in [0.25, 0.3) is 0 Å². The van der Waals surface area contributed by atoms with E-state index >= 15 is 0 Å². The number of rotatable bonds is 8. The van der Waals surface area contributed by atoms with Crippen LogP contribution in [0.2, 0.25) is 0 Å². The maximum Gasteiger partial charge on any atom is 0.321 e. The van der Waals surface area contributed by atoms with E-state index in [0.29, 0.717) is 0 Å². The average Bonchev–Trinajstić information content (AvgIpc) is 2.97. The summed E-state index contributed by atoms with van der Waals surface area (Å²) >= 11 is 1.04. The molecule has 1 heterocycles. The van der Waals surface area contributed by atoms with Crippen molar-refractivity contribution in [3.8, 4) is 0 Å². The van der Waals surface area contributed by atoms with Crippen molar-refractivity contribution in [2.45, 2.75) is 30.5 Å². The molecule has 1 atom stereocenters. The molecule has 2 N–H and O–H groups in total. The Bertz CT molecular complexity index is 568. The molecule has 21 heavy (non-hydrogen) atoms. The van der Waals surface area contributed by atoms with Crippen LogP contribution >= 0.6 is 11.3 Å². The van der Waals surface area contributed by atoms with Crippen molar-refractivity contribution < 1.29 is 22.7 Å². The van der Waals surface area contributed by atoms with Crippen LogP contribution in [0.5, 0.6) is 0 Å². The van der Waals surface area contributed by atoms with Gasteiger partial charge in [-0.1, -0.05) is 13.0 Å². The van der Waals surface area contributed by atoms with Gasteiger partial charge in [0.25, 0.3) is 15.9 Å². The first kappa shape index (κ1) is 17.6. The van der Waals surface area contributed by atoms with Crippen molar-refractivity contribution in [2.75, 3.05) is 13.2 Å². The number of thiophene rings is 1. The molecule has 0 saturated carbocycles. The lowest BCUT2D eigenvalue weighted by molar-refractivity contribution is -0.147. The molecule has 7 nitrogen and oxygen atoms in total. The standard InChI is InChI=1S/C12H18N2O5S2/c1-3-9(2)14-10(15)8-19-11(16)7-13-21(17,18)12-5-4-6-20-12/h4-6,9,13H,3,7-8H2,1-2H3,(H,14,15). The first-order chi connectivity index (χ1) is 9.85. The second-order valence-electron chi connectivity index (χ2n) is 4.29. The second kappa shape index (κ2) is 8.11. The quantitative estimate of drug-likeness (QED) is 0.674. The molecule has 0 fully saturated rings. The molecule has 1 unspecified atom stereocenters. The Morgan fingerprint density at radius 1 is 1.43 bits per heavy atom. The molecule has 1 rings (SSSR count). The number of carbonyl (C=O) groups is 2. The zero-order valence-electron chi connectivity index (χ0n) is 11.8. The number of sulfonamides is 1. The van der Waals surface area contributed by atoms with Crippen molar-refractivity contribution >= 4 is 33.2 Å². The van der Waals surface area contributed by atoms with Gasteiger partial charge in [0.2, 0.25) is 0 Å². The maximum absolute atomic E-state index is 11.7. The van der Waals surface area contributed by atoms with Gasteiger partial charge in [-0.2, -0.15) is 4.72 Å². The van der Waals surface area contributed by atoms with Gasteiger partial charge >= 0.3 is 5.97 Å². The molecule has 0 radical (unpaired) electrons. The molecule has 0 saturated heterocycles. The fraction of sp³-hybridized carbons (Fsp3) is 0.500. The van der Waals surface area contributed by atoms with E-state index in [0.717, 1.165) is 17.8 Å². The highest BCUT2D eigenvalue weighted by atomic mass is 32.2. The summed E-state index contributed by atoms with van der Waals surface area (Å²) in [4.78, 5) is 22.8. The van der Waals surface area contributed by atoms with Crippen molar-refractivity contribution in [3.63, 3.8) is 0 Å². The summed E-state index contributed by atoms with van der Waals surface area (Å²) in [7, 11) is -3.71. The van der Waals surface area contributed by atoms with Gasteiger partial charge in [0, 0.05) is 6.04 Å². The average molecular weight is 334 g/mol. The molecule has 0 aliphatic rings. The summed E-state index contributed by atoms with van der Waals surface area (Å²) in [5.41, 5.74) is 0. The summed E-state index contributed by atoms with van der Waals surface area (Å²) in [6.07, 6.45) is 0.764. The van der Waals surface area contributed by atoms with Crippen LogP contribution in [0.1, 0.15) is 20.3 Å². The third kappa shape index (κ3) is 6.23. The van der Waals surface area contributed by atoms with Crippen molar-refractivity contribution in [3.05, 3.63) is 17.5 Å². The zero-order chi connectivity index (χ0) is 15.9. The van der Waals surface area contributed by atoms with Gasteiger partial charge in [-0.05, 0) is 24.8 Å². The summed E-state index contributed by atoms with van der Waals surface area (Å²) in [5, 5.41) is 4.24. The van der Waals surface area contributed by atoms with Crippen LogP contribution in [0, 0.1) is 0 Å². The first-order valence-electron chi connectivity index (χ1n) is 6.33. The van der Waals surface area contributed by atoms with E-state index in [-0.39, 0.29) is 10.3 Å². The predicted molar refractivity (Wildman–Crippen MR) is 78.4 cm³/mol. The lowest BCUT2D eigenvalue weighted by Gasteiger charge is -2.11. The number of amides is 1. The minimum atomic E-state index is -3.71. The highest BCUT2D eigenvalue weighted by Crippen LogP contribution is 2.14. The third-order valence-electron chi connectivity index (χ3n) is 2.55. The number of carbonyl (C=O) groups excluding carboxylic acids is 2. The number of esters is 1. The van der Waals surface area contributed by atoms with Gasteiger partial charge in [0.15, 0.2) is 6.61 Å². The smallest absolute Gasteiger partial charge is 0.321 e. The van der Waals surface area contributed by atoms with Crippen LogP contribution in [0.4, 0.5) is 0 Å². The Balaban J connectivity index is 2.33. The second-order valence-corrected chi connectivity index (χ2v) is 7.24. The summed E-state index contributed by atoms with van der Waals surface area (Å²) in [6, 6.07) is 3.02. The van der Waals surface area contributed by atoms with E-state index in [1.165, 1.54) is 6.07 Å². The Morgan fingerprint density at radius 3 is 2.71 bits per heavy atom. The lowest BCUT2D eigenvalue weighted by atomic mass is 10.2. The van der Waals surface area contributed by atoms with E-state index < -0.39 is 35.1 Å². The number of hydrogen-bond acceptors (Lipinski definition) is 6. The minimum Gasteiger partial charge on any atom is -0.455 e. The normalized spacial score (nSPS) is 12.7. The van der Waals surface area contributed by atoms with Gasteiger partial charge in [-0.3, -0.25) is 9.59 Å². The van der Waals surface area contributed by atoms with E-state index in [9.17, 15) is 18.0 Å². The molecule has 0 aliphatic carbocycles. The molecular weight excluding hydrogens is 316 g/mol. The molecular formula is C12H18N2O5S2. The van der Waals surface area contributed by atoms with E-state index in [4.69, 9.17) is 0 Å². The topological polar surface area (TPSA) is 102 Å². The van der Waals surface area contributed by atoms with Crippen molar-refractivity contribution in [2.24, 2.45) is 0 Å². The lowest BCUT2D eigenvalue weighted by Crippen LogP contribution is -2.37. The molecule has 0 aliphatic heterocycles. The number of hydrogen-bond donors (Lipinski definition) is 2. The first-order valence-corrected chi connectivity index (χ1v) is 8.69. The Morgan fingerprint density at radius 2 is 2.14 bits per heavy atom. The van der Waals surface area contributed by atoms with Crippen molar-refractivity contribution in [1.29, 1.82) is 0 Å². The Hall–Kier alpha value is -1.45. The largest absolute Gasteiger partial charge is 0.455 e. The SMILES string of the molecule is CCC(C)NC(=O)COC(=O)CNS(=O)(=O)c1cccs1. The van der Waals surface area contributed by atoms with Crippen LogP contribution in [-0.2, 0) is 24.3 Å². The highest BCUT2D eigenvalue weighted by molar-refractivity contribution is 7.91. The van der Waals surface area contributed by atoms with E-state index in [1.54, 1.807) is 11.4 Å². The molecule has 1 amide bonds. The van der Waals surface area contributed by atoms with Gasteiger partial charge < -0.3 is 10.1 Å². The monoisotopic (exact) mass is 334 g/mol. The third-order valence-corrected chi connectivity index (χ3v) is 5.35. The fourth-order valence-electron chi connectivity index (χ4n) is 1.26. The van der Waals surface area contributed by atoms with Gasteiger partial charge in [0.05, 0.1) is 0 Å². The molecule has 1 aromatic rings. The van der Waals surface area contributed by atoms with Crippen LogP contribution in [0.3, 0.4) is 0 Å². The van der Waals surface area contributed by atoms with E-state index in [2.05, 4.69) is 14.8 Å². The number of ether oxygens (including phenoxy) is 1. The number of nitrogens with one attached hydrogen (secondary N) is 2. The molecule has 118 valence electrons. The van der Waals surface area contributed by atoms with Gasteiger partial charge in [-0.15, -0.1) is 11.3 Å². The molecule has 0 aromatic carbocycles. The Labute approximate surface area is 127 Å². The van der Waals surface area contributed by atoms with Crippen LogP contribution in [-0.4, -0.2) is 39.5 Å². The van der Waals surface area contributed by atoms with Crippen LogP contribution < -0.4 is 10.0 Å². The summed E-state index contributed by atoms with van der Waals surface area (Å²) < 4.78 is 30.4. The molecule has 0 bridgehead atoms. The van der Waals surface area contributed by atoms with Crippen molar-refractivity contribution in [1.82, 2.24) is 10.0 Å². The highest BCUT2D eigenvalue weighted by Gasteiger charge is 2.17. The molecule has 0 spiro atoms. The maximum atomic E-state index is 11.7. The zero-order valence-corrected chi connectivity index (χ0v) is 13.4. The summed E-state index contributed by atoms with van der Waals surface area (Å²) in [6.45, 7) is 2.80. The van der Waals surface area contributed by atoms with Gasteiger partial charge in [0.1, 0.15) is 10.8 Å². The summed E-state index contributed by atoms with van der Waals surface area (Å²) in [5.74, 6) is -1.23.